The van der Waals surface area contributed by atoms with Gasteiger partial charge < -0.3 is 16.6 Å². The maximum atomic E-state index is 11.5. The zero-order chi connectivity index (χ0) is 11.1. The molecule has 1 amide bonds. The Hall–Kier alpha value is -0.910. The number of aliphatic hydroxyl groups is 1. The Morgan fingerprint density at radius 1 is 1.80 bits per heavy atom. The number of nitrogens with two attached hydrogens (primary N) is 2. The van der Waals surface area contributed by atoms with Crippen molar-refractivity contribution < 1.29 is 9.90 Å². The molecule has 0 aliphatic heterocycles. The number of rotatable bonds is 4. The molecule has 5 heteroatoms. The minimum absolute atomic E-state index is 0.112. The molecule has 1 aromatic heterocycles. The summed E-state index contributed by atoms with van der Waals surface area (Å²) in [5, 5.41) is 11.6. The first-order valence-corrected chi connectivity index (χ1v) is 5.73. The van der Waals surface area contributed by atoms with E-state index in [9.17, 15) is 9.90 Å². The van der Waals surface area contributed by atoms with Crippen LogP contribution >= 0.6 is 11.3 Å². The van der Waals surface area contributed by atoms with Gasteiger partial charge in [-0.15, -0.1) is 11.3 Å². The third-order valence-electron chi connectivity index (χ3n) is 3.12. The number of amides is 1. The maximum absolute atomic E-state index is 11.5. The van der Waals surface area contributed by atoms with Crippen molar-refractivity contribution in [3.8, 4) is 0 Å². The van der Waals surface area contributed by atoms with E-state index >= 15 is 0 Å². The number of aliphatic hydroxyl groups excluding tert-OH is 1. The number of carbonyl (C=O) groups is 1. The summed E-state index contributed by atoms with van der Waals surface area (Å²) in [5.41, 5.74) is 10.2. The van der Waals surface area contributed by atoms with Gasteiger partial charge in [0.15, 0.2) is 0 Å². The van der Waals surface area contributed by atoms with Gasteiger partial charge in [0, 0.05) is 17.3 Å². The first-order chi connectivity index (χ1) is 7.13. The predicted molar refractivity (Wildman–Crippen MR) is 58.4 cm³/mol. The van der Waals surface area contributed by atoms with Crippen molar-refractivity contribution in [1.82, 2.24) is 0 Å². The highest BCUT2D eigenvalue weighted by Gasteiger charge is 2.63. The van der Waals surface area contributed by atoms with Crippen molar-refractivity contribution in [2.75, 3.05) is 6.54 Å². The van der Waals surface area contributed by atoms with Gasteiger partial charge in [-0.2, -0.15) is 0 Å². The van der Waals surface area contributed by atoms with Crippen LogP contribution in [0.3, 0.4) is 0 Å². The molecule has 1 aliphatic carbocycles. The molecule has 1 saturated carbocycles. The van der Waals surface area contributed by atoms with Gasteiger partial charge in [-0.25, -0.2) is 0 Å². The standard InChI is InChI=1S/C10H14N2O2S/c11-5-7(13)6-4-10(6,9(12)14)8-2-1-3-15-8/h1-3,6-7,13H,4-5,11H2,(H2,12,14)/t6-,7+,10-/m0/s1. The molecule has 1 aromatic rings. The normalized spacial score (nSPS) is 31.2. The molecule has 0 spiro atoms. The largest absolute Gasteiger partial charge is 0.391 e. The summed E-state index contributed by atoms with van der Waals surface area (Å²) in [5.74, 6) is -0.471. The van der Waals surface area contributed by atoms with Crippen LogP contribution in [0.1, 0.15) is 11.3 Å². The van der Waals surface area contributed by atoms with E-state index in [-0.39, 0.29) is 18.4 Å². The summed E-state index contributed by atoms with van der Waals surface area (Å²) >= 11 is 1.50. The van der Waals surface area contributed by atoms with E-state index in [1.165, 1.54) is 11.3 Å². The summed E-state index contributed by atoms with van der Waals surface area (Å²) in [4.78, 5) is 12.4. The van der Waals surface area contributed by atoms with E-state index in [1.807, 2.05) is 17.5 Å². The third kappa shape index (κ3) is 1.47. The Labute approximate surface area is 91.9 Å². The number of primary amides is 1. The first kappa shape index (κ1) is 10.6. The van der Waals surface area contributed by atoms with Crippen LogP contribution in [0.2, 0.25) is 0 Å². The van der Waals surface area contributed by atoms with E-state index in [2.05, 4.69) is 0 Å². The molecule has 4 nitrogen and oxygen atoms in total. The lowest BCUT2D eigenvalue weighted by molar-refractivity contribution is -0.121. The molecule has 2 rings (SSSR count). The lowest BCUT2D eigenvalue weighted by Gasteiger charge is -2.14. The van der Waals surface area contributed by atoms with Crippen LogP contribution in [-0.4, -0.2) is 23.7 Å². The van der Waals surface area contributed by atoms with Crippen molar-refractivity contribution in [3.05, 3.63) is 22.4 Å². The van der Waals surface area contributed by atoms with Crippen LogP contribution < -0.4 is 11.5 Å². The molecule has 5 N–H and O–H groups in total. The molecular weight excluding hydrogens is 212 g/mol. The van der Waals surface area contributed by atoms with E-state index in [1.54, 1.807) is 0 Å². The van der Waals surface area contributed by atoms with E-state index in [4.69, 9.17) is 11.5 Å². The average Bonchev–Trinajstić information content (AvgIpc) is 2.75. The average molecular weight is 226 g/mol. The monoisotopic (exact) mass is 226 g/mol. The number of thiophene rings is 1. The Balaban J connectivity index is 2.28. The fraction of sp³-hybridized carbons (Fsp3) is 0.500. The summed E-state index contributed by atoms with van der Waals surface area (Å²) in [6.07, 6.45) is -0.0269. The van der Waals surface area contributed by atoms with Gasteiger partial charge >= 0.3 is 0 Å². The van der Waals surface area contributed by atoms with Crippen molar-refractivity contribution in [2.45, 2.75) is 17.9 Å². The number of hydrogen-bond donors (Lipinski definition) is 3. The highest BCUT2D eigenvalue weighted by atomic mass is 32.1. The number of carbonyl (C=O) groups excluding carboxylic acids is 1. The lowest BCUT2D eigenvalue weighted by Crippen LogP contribution is -2.34. The fourth-order valence-corrected chi connectivity index (χ4v) is 3.14. The van der Waals surface area contributed by atoms with Gasteiger partial charge in [0.05, 0.1) is 11.5 Å². The van der Waals surface area contributed by atoms with Crippen molar-refractivity contribution in [1.29, 1.82) is 0 Å². The highest BCUT2D eigenvalue weighted by molar-refractivity contribution is 7.10. The van der Waals surface area contributed by atoms with Crippen LogP contribution in [-0.2, 0) is 10.2 Å². The molecule has 1 aliphatic rings. The van der Waals surface area contributed by atoms with Crippen LogP contribution in [0, 0.1) is 5.92 Å². The molecule has 3 atom stereocenters. The van der Waals surface area contributed by atoms with Gasteiger partial charge in [0.25, 0.3) is 0 Å². The predicted octanol–water partition coefficient (Wildman–Crippen LogP) is -0.189. The molecule has 82 valence electrons. The third-order valence-corrected chi connectivity index (χ3v) is 4.17. The van der Waals surface area contributed by atoms with E-state index in [0.717, 1.165) is 4.88 Å². The highest BCUT2D eigenvalue weighted by Crippen LogP contribution is 2.56. The summed E-state index contributed by atoms with van der Waals surface area (Å²) in [7, 11) is 0. The quantitative estimate of drug-likeness (QED) is 0.664. The van der Waals surface area contributed by atoms with Crippen LogP contribution in [0.5, 0.6) is 0 Å². The summed E-state index contributed by atoms with van der Waals surface area (Å²) in [6.45, 7) is 0.172. The van der Waals surface area contributed by atoms with Gasteiger partial charge in [-0.1, -0.05) is 6.07 Å². The lowest BCUT2D eigenvalue weighted by atomic mass is 9.98. The van der Waals surface area contributed by atoms with Gasteiger partial charge in [0.1, 0.15) is 0 Å². The zero-order valence-electron chi connectivity index (χ0n) is 8.22. The minimum atomic E-state index is -0.660. The van der Waals surface area contributed by atoms with Crippen LogP contribution in [0.4, 0.5) is 0 Å². The molecule has 0 saturated heterocycles. The van der Waals surface area contributed by atoms with Crippen molar-refractivity contribution >= 4 is 17.2 Å². The molecule has 0 unspecified atom stereocenters. The zero-order valence-corrected chi connectivity index (χ0v) is 9.04. The topological polar surface area (TPSA) is 89.3 Å². The first-order valence-electron chi connectivity index (χ1n) is 4.85. The molecule has 15 heavy (non-hydrogen) atoms. The van der Waals surface area contributed by atoms with E-state index < -0.39 is 11.5 Å². The van der Waals surface area contributed by atoms with Crippen molar-refractivity contribution in [2.24, 2.45) is 17.4 Å². The second-order valence-corrected chi connectivity index (χ2v) is 4.87. The Morgan fingerprint density at radius 2 is 2.53 bits per heavy atom. The second kappa shape index (κ2) is 3.59. The molecular formula is C10H14N2O2S. The molecule has 0 radical (unpaired) electrons. The summed E-state index contributed by atoms with van der Waals surface area (Å²) in [6, 6.07) is 3.77. The van der Waals surface area contributed by atoms with Gasteiger partial charge in [0.2, 0.25) is 5.91 Å². The number of hydrogen-bond acceptors (Lipinski definition) is 4. The molecule has 0 bridgehead atoms. The Bertz CT molecular complexity index is 366. The minimum Gasteiger partial charge on any atom is -0.391 e. The smallest absolute Gasteiger partial charge is 0.229 e. The van der Waals surface area contributed by atoms with Crippen LogP contribution in [0.25, 0.3) is 0 Å². The van der Waals surface area contributed by atoms with E-state index in [0.29, 0.717) is 6.42 Å². The molecule has 0 aromatic carbocycles. The summed E-state index contributed by atoms with van der Waals surface area (Å²) < 4.78 is 0. The molecule has 1 fully saturated rings. The SMILES string of the molecule is NC[C@@H](O)[C@@H]1C[C@@]1(C(N)=O)c1cccs1. The fourth-order valence-electron chi connectivity index (χ4n) is 2.14. The Morgan fingerprint density at radius 3 is 3.00 bits per heavy atom. The maximum Gasteiger partial charge on any atom is 0.229 e. The Kier molecular flexibility index (Phi) is 2.54. The van der Waals surface area contributed by atoms with Gasteiger partial charge in [-0.3, -0.25) is 4.79 Å². The van der Waals surface area contributed by atoms with Gasteiger partial charge in [-0.05, 0) is 17.9 Å². The second-order valence-electron chi connectivity index (χ2n) is 3.93. The van der Waals surface area contributed by atoms with Crippen molar-refractivity contribution in [3.63, 3.8) is 0 Å². The van der Waals surface area contributed by atoms with Crippen LogP contribution in [0.15, 0.2) is 17.5 Å². The molecule has 1 heterocycles.